The van der Waals surface area contributed by atoms with Gasteiger partial charge in [-0.25, -0.2) is 0 Å². The lowest BCUT2D eigenvalue weighted by Crippen LogP contribution is -2.47. The molecular weight excluding hydrogens is 214 g/mol. The molecule has 1 saturated heterocycles. The monoisotopic (exact) mass is 241 g/mol. The largest absolute Gasteiger partial charge is 0.375 e. The summed E-state index contributed by atoms with van der Waals surface area (Å²) in [5.41, 5.74) is 0. The Balaban J connectivity index is 2.31. The SMILES string of the molecule is CC(C)CCC[C@@H]1CN(C(=O)C(C)C)CCO1. The first-order valence-corrected chi connectivity index (χ1v) is 6.91. The molecule has 0 aromatic rings. The van der Waals surface area contributed by atoms with Crippen LogP contribution in [0.15, 0.2) is 0 Å². The second-order valence-electron chi connectivity index (χ2n) is 5.76. The normalized spacial score (nSPS) is 21.3. The lowest BCUT2D eigenvalue weighted by molar-refractivity contribution is -0.142. The molecule has 1 atom stereocenters. The van der Waals surface area contributed by atoms with E-state index >= 15 is 0 Å². The molecule has 3 heteroatoms. The van der Waals surface area contributed by atoms with Crippen LogP contribution in [0.1, 0.15) is 47.0 Å². The van der Waals surface area contributed by atoms with Gasteiger partial charge in [-0.2, -0.15) is 0 Å². The zero-order chi connectivity index (χ0) is 12.8. The number of hydrogen-bond acceptors (Lipinski definition) is 2. The predicted molar refractivity (Wildman–Crippen MR) is 69.8 cm³/mol. The Bertz CT molecular complexity index is 238. The first-order chi connectivity index (χ1) is 8.00. The van der Waals surface area contributed by atoms with E-state index in [-0.39, 0.29) is 17.9 Å². The van der Waals surface area contributed by atoms with Crippen molar-refractivity contribution in [1.82, 2.24) is 4.90 Å². The van der Waals surface area contributed by atoms with Crippen molar-refractivity contribution in [2.45, 2.75) is 53.1 Å². The molecule has 0 aliphatic carbocycles. The average molecular weight is 241 g/mol. The van der Waals surface area contributed by atoms with Crippen molar-refractivity contribution in [3.63, 3.8) is 0 Å². The molecule has 0 unspecified atom stereocenters. The van der Waals surface area contributed by atoms with E-state index in [2.05, 4.69) is 13.8 Å². The quantitative estimate of drug-likeness (QED) is 0.740. The van der Waals surface area contributed by atoms with Crippen LogP contribution in [0.3, 0.4) is 0 Å². The van der Waals surface area contributed by atoms with Gasteiger partial charge >= 0.3 is 0 Å². The maximum atomic E-state index is 11.9. The summed E-state index contributed by atoms with van der Waals surface area (Å²) >= 11 is 0. The third kappa shape index (κ3) is 5.07. The molecule has 3 nitrogen and oxygen atoms in total. The number of hydrogen-bond donors (Lipinski definition) is 0. The predicted octanol–water partition coefficient (Wildman–Crippen LogP) is 2.70. The van der Waals surface area contributed by atoms with Crippen molar-refractivity contribution in [3.8, 4) is 0 Å². The molecule has 1 rings (SSSR count). The first kappa shape index (κ1) is 14.5. The van der Waals surface area contributed by atoms with E-state index in [1.54, 1.807) is 0 Å². The Labute approximate surface area is 106 Å². The number of ether oxygens (including phenoxy) is 1. The van der Waals surface area contributed by atoms with Gasteiger partial charge in [-0.3, -0.25) is 4.79 Å². The van der Waals surface area contributed by atoms with Crippen molar-refractivity contribution < 1.29 is 9.53 Å². The van der Waals surface area contributed by atoms with E-state index in [4.69, 9.17) is 4.74 Å². The lowest BCUT2D eigenvalue weighted by Gasteiger charge is -2.34. The lowest BCUT2D eigenvalue weighted by atomic mass is 10.0. The Morgan fingerprint density at radius 1 is 1.35 bits per heavy atom. The van der Waals surface area contributed by atoms with E-state index in [0.29, 0.717) is 6.61 Å². The molecule has 0 radical (unpaired) electrons. The molecule has 0 saturated carbocycles. The van der Waals surface area contributed by atoms with E-state index in [0.717, 1.165) is 25.4 Å². The number of carbonyl (C=O) groups excluding carboxylic acids is 1. The third-order valence-corrected chi connectivity index (χ3v) is 3.25. The van der Waals surface area contributed by atoms with Gasteiger partial charge in [0, 0.05) is 19.0 Å². The number of morpholine rings is 1. The van der Waals surface area contributed by atoms with Gasteiger partial charge in [0.1, 0.15) is 0 Å². The summed E-state index contributed by atoms with van der Waals surface area (Å²) in [6.07, 6.45) is 3.79. The van der Waals surface area contributed by atoms with Crippen molar-refractivity contribution in [3.05, 3.63) is 0 Å². The second-order valence-corrected chi connectivity index (χ2v) is 5.76. The van der Waals surface area contributed by atoms with E-state index in [9.17, 15) is 4.79 Å². The summed E-state index contributed by atoms with van der Waals surface area (Å²) in [7, 11) is 0. The minimum atomic E-state index is 0.101. The topological polar surface area (TPSA) is 29.5 Å². The van der Waals surface area contributed by atoms with Crippen LogP contribution >= 0.6 is 0 Å². The fraction of sp³-hybridized carbons (Fsp3) is 0.929. The second kappa shape index (κ2) is 7.00. The smallest absolute Gasteiger partial charge is 0.225 e. The summed E-state index contributed by atoms with van der Waals surface area (Å²) < 4.78 is 5.73. The molecule has 1 aliphatic rings. The van der Waals surface area contributed by atoms with Crippen LogP contribution in [0.4, 0.5) is 0 Å². The molecular formula is C14H27NO2. The maximum Gasteiger partial charge on any atom is 0.225 e. The molecule has 100 valence electrons. The summed E-state index contributed by atoms with van der Waals surface area (Å²) in [4.78, 5) is 13.9. The molecule has 1 fully saturated rings. The van der Waals surface area contributed by atoms with Crippen LogP contribution in [0.5, 0.6) is 0 Å². The van der Waals surface area contributed by atoms with Crippen molar-refractivity contribution in [2.75, 3.05) is 19.7 Å². The zero-order valence-corrected chi connectivity index (χ0v) is 11.7. The van der Waals surface area contributed by atoms with Crippen LogP contribution in [0.2, 0.25) is 0 Å². The molecule has 1 amide bonds. The molecule has 0 bridgehead atoms. The van der Waals surface area contributed by atoms with Gasteiger partial charge in [0.25, 0.3) is 0 Å². The highest BCUT2D eigenvalue weighted by Crippen LogP contribution is 2.16. The van der Waals surface area contributed by atoms with Crippen molar-refractivity contribution >= 4 is 5.91 Å². The molecule has 0 spiro atoms. The van der Waals surface area contributed by atoms with Crippen LogP contribution < -0.4 is 0 Å². The van der Waals surface area contributed by atoms with Crippen LogP contribution in [-0.2, 0) is 9.53 Å². The van der Waals surface area contributed by atoms with Gasteiger partial charge in [-0.15, -0.1) is 0 Å². The van der Waals surface area contributed by atoms with Gasteiger partial charge in [-0.05, 0) is 12.3 Å². The van der Waals surface area contributed by atoms with Crippen molar-refractivity contribution in [2.24, 2.45) is 11.8 Å². The summed E-state index contributed by atoms with van der Waals surface area (Å²) in [6, 6.07) is 0. The minimum absolute atomic E-state index is 0.101. The number of nitrogens with zero attached hydrogens (tertiary/aromatic N) is 1. The standard InChI is InChI=1S/C14H27NO2/c1-11(2)6-5-7-13-10-15(8-9-17-13)14(16)12(3)4/h11-13H,5-10H2,1-4H3/t13-/m1/s1. The Morgan fingerprint density at radius 3 is 2.65 bits per heavy atom. The van der Waals surface area contributed by atoms with Gasteiger partial charge in [0.2, 0.25) is 5.91 Å². The van der Waals surface area contributed by atoms with Gasteiger partial charge in [0.15, 0.2) is 0 Å². The van der Waals surface area contributed by atoms with E-state index in [1.807, 2.05) is 18.7 Å². The molecule has 0 aromatic heterocycles. The zero-order valence-electron chi connectivity index (χ0n) is 11.7. The fourth-order valence-electron chi connectivity index (χ4n) is 2.21. The maximum absolute atomic E-state index is 11.9. The molecule has 1 aliphatic heterocycles. The summed E-state index contributed by atoms with van der Waals surface area (Å²) in [5, 5.41) is 0. The summed E-state index contributed by atoms with van der Waals surface area (Å²) in [5.74, 6) is 1.12. The molecule has 0 aromatic carbocycles. The van der Waals surface area contributed by atoms with Crippen LogP contribution in [0.25, 0.3) is 0 Å². The average Bonchev–Trinajstić information content (AvgIpc) is 2.28. The number of amides is 1. The minimum Gasteiger partial charge on any atom is -0.375 e. The highest BCUT2D eigenvalue weighted by molar-refractivity contribution is 5.78. The third-order valence-electron chi connectivity index (χ3n) is 3.25. The Hall–Kier alpha value is -0.570. The summed E-state index contributed by atoms with van der Waals surface area (Å²) in [6.45, 7) is 10.7. The van der Waals surface area contributed by atoms with E-state index in [1.165, 1.54) is 12.8 Å². The molecule has 0 N–H and O–H groups in total. The van der Waals surface area contributed by atoms with Gasteiger partial charge < -0.3 is 9.64 Å². The van der Waals surface area contributed by atoms with Crippen molar-refractivity contribution in [1.29, 1.82) is 0 Å². The molecule has 1 heterocycles. The molecule has 17 heavy (non-hydrogen) atoms. The Morgan fingerprint density at radius 2 is 2.06 bits per heavy atom. The first-order valence-electron chi connectivity index (χ1n) is 6.91. The Kier molecular flexibility index (Phi) is 5.96. The highest BCUT2D eigenvalue weighted by Gasteiger charge is 2.25. The van der Waals surface area contributed by atoms with Crippen LogP contribution in [0, 0.1) is 11.8 Å². The fourth-order valence-corrected chi connectivity index (χ4v) is 2.21. The highest BCUT2D eigenvalue weighted by atomic mass is 16.5. The van der Waals surface area contributed by atoms with Crippen LogP contribution in [-0.4, -0.2) is 36.6 Å². The number of carbonyl (C=O) groups is 1. The van der Waals surface area contributed by atoms with Gasteiger partial charge in [-0.1, -0.05) is 40.5 Å². The van der Waals surface area contributed by atoms with Gasteiger partial charge in [0.05, 0.1) is 12.7 Å². The number of rotatable bonds is 5. The van der Waals surface area contributed by atoms with E-state index < -0.39 is 0 Å².